The number of hydrogen-bond donors (Lipinski definition) is 0. The van der Waals surface area contributed by atoms with Crippen LogP contribution in [-0.2, 0) is 10.2 Å². The van der Waals surface area contributed by atoms with Crippen LogP contribution in [0, 0.1) is 0 Å². The van der Waals surface area contributed by atoms with Gasteiger partial charge in [-0.3, -0.25) is 4.79 Å². The Balaban J connectivity index is 2.40. The zero-order valence-corrected chi connectivity index (χ0v) is 14.7. The number of amides is 1. The summed E-state index contributed by atoms with van der Waals surface area (Å²) in [5, 5.41) is 0. The molecule has 0 radical (unpaired) electrons. The van der Waals surface area contributed by atoms with E-state index in [4.69, 9.17) is 0 Å². The maximum atomic E-state index is 13.5. The van der Waals surface area contributed by atoms with Crippen LogP contribution in [0.25, 0.3) is 0 Å². The van der Waals surface area contributed by atoms with E-state index in [9.17, 15) is 4.79 Å². The third kappa shape index (κ3) is 2.74. The Morgan fingerprint density at radius 2 is 1.00 bits per heavy atom. The molecule has 0 aliphatic heterocycles. The van der Waals surface area contributed by atoms with E-state index in [-0.39, 0.29) is 5.91 Å². The van der Waals surface area contributed by atoms with Gasteiger partial charge in [-0.25, -0.2) is 0 Å². The van der Waals surface area contributed by atoms with Gasteiger partial charge in [0, 0.05) is 7.05 Å². The van der Waals surface area contributed by atoms with Crippen LogP contribution in [0.15, 0.2) is 91.0 Å². The molecule has 120 valence electrons. The summed E-state index contributed by atoms with van der Waals surface area (Å²) >= 11 is 0. The summed E-state index contributed by atoms with van der Waals surface area (Å²) in [5.41, 5.74) is 2.01. The summed E-state index contributed by atoms with van der Waals surface area (Å²) in [4.78, 5) is 13.5. The summed E-state index contributed by atoms with van der Waals surface area (Å²) in [6, 6.07) is 29.9. The summed E-state index contributed by atoms with van der Waals surface area (Å²) in [7, 11) is 4.27. The molecule has 0 saturated carbocycles. The molecule has 1 atom stereocenters. The molecule has 3 rings (SSSR count). The lowest BCUT2D eigenvalue weighted by Crippen LogP contribution is -2.43. The van der Waals surface area contributed by atoms with Crippen LogP contribution < -0.4 is 0 Å². The molecule has 1 unspecified atom stereocenters. The molecule has 0 bridgehead atoms. The monoisotopic (exact) mass is 333 g/mol. The van der Waals surface area contributed by atoms with E-state index in [2.05, 4.69) is 9.39 Å². The van der Waals surface area contributed by atoms with Gasteiger partial charge in [-0.2, -0.15) is 0 Å². The predicted octanol–water partition coefficient (Wildman–Crippen LogP) is 4.27. The van der Waals surface area contributed by atoms with Gasteiger partial charge < -0.3 is 4.67 Å². The Labute approximate surface area is 145 Å². The van der Waals surface area contributed by atoms with E-state index in [1.807, 2.05) is 91.0 Å². The average Bonchev–Trinajstić information content (AvgIpc) is 2.65. The molecule has 0 N–H and O–H groups in total. The number of likely N-dealkylation sites (N-methyl/N-ethyl adjacent to an activating group) is 1. The Kier molecular flexibility index (Phi) is 4.78. The van der Waals surface area contributed by atoms with Gasteiger partial charge in [0.15, 0.2) is 0 Å². The number of hydrogen-bond acceptors (Lipinski definition) is 1. The first-order valence-electron chi connectivity index (χ1n) is 7.87. The molecule has 0 heterocycles. The van der Waals surface area contributed by atoms with Crippen molar-refractivity contribution in [2.24, 2.45) is 0 Å². The molecule has 0 aromatic heterocycles. The first kappa shape index (κ1) is 16.4. The lowest BCUT2D eigenvalue weighted by atomic mass is 9.68. The molecular weight excluding hydrogens is 313 g/mol. The minimum atomic E-state index is -0.875. The van der Waals surface area contributed by atoms with Gasteiger partial charge in [-0.05, 0) is 26.1 Å². The van der Waals surface area contributed by atoms with E-state index in [0.717, 1.165) is 16.7 Å². The van der Waals surface area contributed by atoms with Crippen LogP contribution in [0.5, 0.6) is 0 Å². The average molecular weight is 333 g/mol. The highest BCUT2D eigenvalue weighted by Gasteiger charge is 2.44. The molecule has 0 aliphatic rings. The smallest absolute Gasteiger partial charge is 0.244 e. The highest BCUT2D eigenvalue weighted by atomic mass is 31.0. The van der Waals surface area contributed by atoms with Gasteiger partial charge in [0.1, 0.15) is 5.41 Å². The van der Waals surface area contributed by atoms with Gasteiger partial charge in [-0.15, -0.1) is 0 Å². The fraction of sp³-hybridized carbons (Fsp3) is 0.0952. The van der Waals surface area contributed by atoms with Gasteiger partial charge in [-0.1, -0.05) is 91.0 Å². The molecule has 0 saturated heterocycles. The Bertz CT molecular complexity index is 704. The van der Waals surface area contributed by atoms with E-state index >= 15 is 0 Å². The van der Waals surface area contributed by atoms with Crippen molar-refractivity contribution in [2.45, 2.75) is 5.41 Å². The molecule has 3 aromatic carbocycles. The van der Waals surface area contributed by atoms with Crippen molar-refractivity contribution in [3.8, 4) is 0 Å². The first-order valence-corrected chi connectivity index (χ1v) is 8.38. The summed E-state index contributed by atoms with van der Waals surface area (Å²) in [6.07, 6.45) is 0. The highest BCUT2D eigenvalue weighted by Crippen LogP contribution is 2.41. The van der Waals surface area contributed by atoms with Gasteiger partial charge in [0.2, 0.25) is 5.91 Å². The zero-order valence-electron chi connectivity index (χ0n) is 13.6. The Morgan fingerprint density at radius 1 is 0.708 bits per heavy atom. The van der Waals surface area contributed by atoms with Gasteiger partial charge in [0.25, 0.3) is 0 Å². The third-order valence-corrected chi connectivity index (χ3v) is 4.50. The SMILES string of the molecule is CN(P)C(=O)C(c1ccccc1)(c1ccccc1)c1ccccc1. The molecule has 1 amide bonds. The lowest BCUT2D eigenvalue weighted by molar-refractivity contribution is -0.128. The third-order valence-electron chi connectivity index (χ3n) is 4.26. The normalized spacial score (nSPS) is 11.1. The van der Waals surface area contributed by atoms with E-state index in [1.54, 1.807) is 11.7 Å². The van der Waals surface area contributed by atoms with Crippen LogP contribution in [0.2, 0.25) is 0 Å². The maximum Gasteiger partial charge on any atom is 0.244 e. The van der Waals surface area contributed by atoms with Crippen molar-refractivity contribution in [2.75, 3.05) is 7.05 Å². The van der Waals surface area contributed by atoms with Crippen molar-refractivity contribution < 1.29 is 4.79 Å². The molecule has 0 spiro atoms. The fourth-order valence-electron chi connectivity index (χ4n) is 3.20. The second-order valence-corrected chi connectivity index (χ2v) is 6.54. The minimum Gasteiger partial charge on any atom is -0.329 e. The topological polar surface area (TPSA) is 20.3 Å². The van der Waals surface area contributed by atoms with Crippen LogP contribution in [0.3, 0.4) is 0 Å². The van der Waals surface area contributed by atoms with Crippen molar-refractivity contribution in [1.82, 2.24) is 4.67 Å². The molecule has 3 heteroatoms. The molecule has 3 aromatic rings. The lowest BCUT2D eigenvalue weighted by Gasteiger charge is -2.36. The first-order chi connectivity index (χ1) is 11.7. The number of nitrogens with zero attached hydrogens (tertiary/aromatic N) is 1. The van der Waals surface area contributed by atoms with Crippen LogP contribution in [0.1, 0.15) is 16.7 Å². The van der Waals surface area contributed by atoms with E-state index < -0.39 is 5.41 Å². The molecular formula is C21H20NOP. The largest absolute Gasteiger partial charge is 0.329 e. The number of carbonyl (C=O) groups excluding carboxylic acids is 1. The van der Waals surface area contributed by atoms with E-state index in [1.165, 1.54) is 0 Å². The summed E-state index contributed by atoms with van der Waals surface area (Å²) in [5.74, 6) is 0.0103. The minimum absolute atomic E-state index is 0.0103. The van der Waals surface area contributed by atoms with Crippen LogP contribution in [-0.4, -0.2) is 17.6 Å². The predicted molar refractivity (Wildman–Crippen MR) is 102 cm³/mol. The van der Waals surface area contributed by atoms with Crippen molar-refractivity contribution in [1.29, 1.82) is 0 Å². The fourth-order valence-corrected chi connectivity index (χ4v) is 3.39. The quantitative estimate of drug-likeness (QED) is 0.516. The van der Waals surface area contributed by atoms with Crippen molar-refractivity contribution >= 4 is 15.3 Å². The highest BCUT2D eigenvalue weighted by molar-refractivity contribution is 7.14. The summed E-state index contributed by atoms with van der Waals surface area (Å²) < 4.78 is 1.59. The van der Waals surface area contributed by atoms with Crippen LogP contribution >= 0.6 is 9.39 Å². The second-order valence-electron chi connectivity index (χ2n) is 5.76. The van der Waals surface area contributed by atoms with Gasteiger partial charge >= 0.3 is 0 Å². The Morgan fingerprint density at radius 3 is 1.25 bits per heavy atom. The molecule has 24 heavy (non-hydrogen) atoms. The molecule has 2 nitrogen and oxygen atoms in total. The number of benzene rings is 3. The standard InChI is InChI=1S/C21H20NOP/c1-22(24)20(23)21(17-11-5-2-6-12-17,18-13-7-3-8-14-18)19-15-9-4-10-16-19/h2-16H,24H2,1H3. The summed E-state index contributed by atoms with van der Waals surface area (Å²) in [6.45, 7) is 0. The van der Waals surface area contributed by atoms with E-state index in [0.29, 0.717) is 0 Å². The molecule has 0 aliphatic carbocycles. The number of rotatable bonds is 4. The Hall–Kier alpha value is -2.44. The maximum absolute atomic E-state index is 13.5. The zero-order chi connectivity index (χ0) is 17.0. The van der Waals surface area contributed by atoms with Crippen molar-refractivity contribution in [3.05, 3.63) is 108 Å². The number of carbonyl (C=O) groups is 1. The van der Waals surface area contributed by atoms with Crippen molar-refractivity contribution in [3.63, 3.8) is 0 Å². The second kappa shape index (κ2) is 6.98. The molecule has 0 fully saturated rings. The van der Waals surface area contributed by atoms with Crippen LogP contribution in [0.4, 0.5) is 0 Å². The van der Waals surface area contributed by atoms with Gasteiger partial charge in [0.05, 0.1) is 0 Å².